The maximum atomic E-state index is 12.1. The molecule has 2 fully saturated rings. The van der Waals surface area contributed by atoms with Crippen molar-refractivity contribution in [2.45, 2.75) is 44.2 Å². The Balaban J connectivity index is 0.00000176. The Hall–Kier alpha value is -1.46. The van der Waals surface area contributed by atoms with Gasteiger partial charge in [-0.25, -0.2) is 4.79 Å². The van der Waals surface area contributed by atoms with Gasteiger partial charge >= 0.3 is 6.03 Å². The first-order chi connectivity index (χ1) is 10.2. The predicted molar refractivity (Wildman–Crippen MR) is 89.8 cm³/mol. The highest BCUT2D eigenvalue weighted by Crippen LogP contribution is 2.26. The lowest BCUT2D eigenvalue weighted by Crippen LogP contribution is -2.35. The van der Waals surface area contributed by atoms with Crippen LogP contribution in [-0.4, -0.2) is 36.2 Å². The fourth-order valence-corrected chi connectivity index (χ4v) is 3.02. The van der Waals surface area contributed by atoms with Crippen LogP contribution in [0.5, 0.6) is 5.75 Å². The average Bonchev–Trinajstić information content (AvgIpc) is 3.11. The zero-order chi connectivity index (χ0) is 14.7. The van der Waals surface area contributed by atoms with Crippen LogP contribution in [0.3, 0.4) is 0 Å². The second-order valence-corrected chi connectivity index (χ2v) is 5.98. The Labute approximate surface area is 137 Å². The van der Waals surface area contributed by atoms with E-state index in [9.17, 15) is 4.79 Å². The van der Waals surface area contributed by atoms with Crippen molar-refractivity contribution in [1.82, 2.24) is 4.90 Å². The van der Waals surface area contributed by atoms with Gasteiger partial charge in [-0.05, 0) is 44.2 Å². The van der Waals surface area contributed by atoms with Gasteiger partial charge in [-0.2, -0.15) is 0 Å². The molecule has 1 unspecified atom stereocenters. The molecule has 6 heteroatoms. The molecule has 3 rings (SSSR count). The van der Waals surface area contributed by atoms with Gasteiger partial charge in [0.25, 0.3) is 0 Å². The minimum absolute atomic E-state index is 0. The number of hydrogen-bond donors (Lipinski definition) is 2. The fraction of sp³-hybridized carbons (Fsp3) is 0.562. The maximum Gasteiger partial charge on any atom is 0.321 e. The van der Waals surface area contributed by atoms with E-state index in [-0.39, 0.29) is 24.5 Å². The summed E-state index contributed by atoms with van der Waals surface area (Å²) in [6.07, 6.45) is 5.95. The van der Waals surface area contributed by atoms with Gasteiger partial charge in [0.1, 0.15) is 5.75 Å². The Morgan fingerprint density at radius 1 is 1.27 bits per heavy atom. The van der Waals surface area contributed by atoms with E-state index in [0.717, 1.165) is 37.2 Å². The van der Waals surface area contributed by atoms with Gasteiger partial charge in [0.15, 0.2) is 0 Å². The van der Waals surface area contributed by atoms with Crippen LogP contribution in [0.1, 0.15) is 32.1 Å². The minimum Gasteiger partial charge on any atom is -0.490 e. The Kier molecular flexibility index (Phi) is 5.91. The Morgan fingerprint density at radius 2 is 2.05 bits per heavy atom. The summed E-state index contributed by atoms with van der Waals surface area (Å²) < 4.78 is 5.96. The molecule has 5 nitrogen and oxygen atoms in total. The zero-order valence-corrected chi connectivity index (χ0v) is 13.5. The Morgan fingerprint density at radius 3 is 2.73 bits per heavy atom. The number of halogens is 1. The summed E-state index contributed by atoms with van der Waals surface area (Å²) in [5.74, 6) is 0.831. The van der Waals surface area contributed by atoms with Crippen LogP contribution >= 0.6 is 12.4 Å². The van der Waals surface area contributed by atoms with Crippen LogP contribution < -0.4 is 15.8 Å². The normalized spacial score (nSPS) is 21.5. The monoisotopic (exact) mass is 325 g/mol. The lowest BCUT2D eigenvalue weighted by Gasteiger charge is -2.18. The molecule has 2 aliphatic rings. The summed E-state index contributed by atoms with van der Waals surface area (Å²) in [4.78, 5) is 13.9. The van der Waals surface area contributed by atoms with E-state index in [2.05, 4.69) is 5.32 Å². The topological polar surface area (TPSA) is 67.6 Å². The minimum atomic E-state index is -0.0824. The molecule has 1 heterocycles. The molecular weight excluding hydrogens is 302 g/mol. The molecule has 1 aromatic carbocycles. The van der Waals surface area contributed by atoms with Crippen molar-refractivity contribution in [3.8, 4) is 5.75 Å². The zero-order valence-electron chi connectivity index (χ0n) is 12.7. The number of urea groups is 1. The summed E-state index contributed by atoms with van der Waals surface area (Å²) in [7, 11) is 0. The van der Waals surface area contributed by atoms with E-state index >= 15 is 0 Å². The van der Waals surface area contributed by atoms with Gasteiger partial charge in [-0.1, -0.05) is 6.07 Å². The number of ether oxygens (including phenoxy) is 1. The second-order valence-electron chi connectivity index (χ2n) is 5.98. The summed E-state index contributed by atoms with van der Waals surface area (Å²) in [6.45, 7) is 1.36. The van der Waals surface area contributed by atoms with Crippen molar-refractivity contribution in [3.05, 3.63) is 24.3 Å². The molecule has 0 aromatic heterocycles. The highest BCUT2D eigenvalue weighted by atomic mass is 35.5. The number of likely N-dealkylation sites (tertiary alicyclic amines) is 1. The van der Waals surface area contributed by atoms with Gasteiger partial charge < -0.3 is 20.7 Å². The average molecular weight is 326 g/mol. The first-order valence-corrected chi connectivity index (χ1v) is 7.79. The lowest BCUT2D eigenvalue weighted by molar-refractivity contribution is 0.210. The molecule has 3 N–H and O–H groups in total. The van der Waals surface area contributed by atoms with Gasteiger partial charge in [0.05, 0.1) is 6.10 Å². The highest BCUT2D eigenvalue weighted by Gasteiger charge is 2.23. The van der Waals surface area contributed by atoms with Gasteiger partial charge in [0, 0.05) is 30.9 Å². The largest absolute Gasteiger partial charge is 0.490 e. The van der Waals surface area contributed by atoms with E-state index in [1.165, 1.54) is 12.8 Å². The molecule has 122 valence electrons. The first-order valence-electron chi connectivity index (χ1n) is 7.79. The number of nitrogens with two attached hydrogens (primary N) is 1. The summed E-state index contributed by atoms with van der Waals surface area (Å²) in [5, 5.41) is 2.92. The number of nitrogens with one attached hydrogen (secondary N) is 1. The Bertz CT molecular complexity index is 506. The van der Waals surface area contributed by atoms with Gasteiger partial charge in [-0.15, -0.1) is 12.4 Å². The molecule has 1 saturated carbocycles. The van der Waals surface area contributed by atoms with Crippen LogP contribution in [0, 0.1) is 0 Å². The summed E-state index contributed by atoms with van der Waals surface area (Å²) >= 11 is 0. The van der Waals surface area contributed by atoms with Crippen molar-refractivity contribution in [1.29, 1.82) is 0 Å². The molecule has 0 bridgehead atoms. The van der Waals surface area contributed by atoms with E-state index in [1.54, 1.807) is 4.90 Å². The fourth-order valence-electron chi connectivity index (χ4n) is 3.02. The van der Waals surface area contributed by atoms with Crippen molar-refractivity contribution >= 4 is 24.1 Å². The van der Waals surface area contributed by atoms with Crippen molar-refractivity contribution in [2.75, 3.05) is 18.4 Å². The molecule has 1 aromatic rings. The molecule has 0 radical (unpaired) electrons. The number of hydrogen-bond acceptors (Lipinski definition) is 3. The van der Waals surface area contributed by atoms with E-state index in [1.807, 2.05) is 24.3 Å². The molecule has 2 amide bonds. The van der Waals surface area contributed by atoms with E-state index in [4.69, 9.17) is 10.5 Å². The quantitative estimate of drug-likeness (QED) is 0.897. The number of nitrogens with zero attached hydrogens (tertiary/aromatic N) is 1. The van der Waals surface area contributed by atoms with Crippen molar-refractivity contribution in [2.24, 2.45) is 5.73 Å². The second kappa shape index (κ2) is 7.70. The predicted octanol–water partition coefficient (Wildman–Crippen LogP) is 2.99. The van der Waals surface area contributed by atoms with Crippen molar-refractivity contribution < 1.29 is 9.53 Å². The third kappa shape index (κ3) is 4.27. The first kappa shape index (κ1) is 16.9. The number of carbonyl (C=O) groups is 1. The molecule has 1 aliphatic heterocycles. The maximum absolute atomic E-state index is 12.1. The molecule has 0 spiro atoms. The molecule has 22 heavy (non-hydrogen) atoms. The third-order valence-electron chi connectivity index (χ3n) is 4.20. The standard InChI is InChI=1S/C16H23N3O2.ClH/c17-12-8-9-19(11-12)16(20)18-13-4-3-7-15(10-13)21-14-5-1-2-6-14;/h3-4,7,10,12,14H,1-2,5-6,8-9,11,17H2,(H,18,20);1H. The van der Waals surface area contributed by atoms with E-state index < -0.39 is 0 Å². The smallest absolute Gasteiger partial charge is 0.321 e. The van der Waals surface area contributed by atoms with Crippen LogP contribution in [-0.2, 0) is 0 Å². The third-order valence-corrected chi connectivity index (χ3v) is 4.20. The SMILES string of the molecule is Cl.NC1CCN(C(=O)Nc2cccc(OC3CCCC3)c2)C1. The summed E-state index contributed by atoms with van der Waals surface area (Å²) in [5.41, 5.74) is 6.60. The van der Waals surface area contributed by atoms with Gasteiger partial charge in [0.2, 0.25) is 0 Å². The number of benzene rings is 1. The van der Waals surface area contributed by atoms with Gasteiger partial charge in [-0.3, -0.25) is 0 Å². The molecular formula is C16H24ClN3O2. The van der Waals surface area contributed by atoms with Crippen LogP contribution in [0.15, 0.2) is 24.3 Å². The molecule has 1 saturated heterocycles. The van der Waals surface area contributed by atoms with Crippen LogP contribution in [0.25, 0.3) is 0 Å². The van der Waals surface area contributed by atoms with Crippen LogP contribution in [0.4, 0.5) is 10.5 Å². The highest BCUT2D eigenvalue weighted by molar-refractivity contribution is 5.89. The van der Waals surface area contributed by atoms with Crippen molar-refractivity contribution in [3.63, 3.8) is 0 Å². The number of amides is 2. The number of rotatable bonds is 3. The summed E-state index contributed by atoms with van der Waals surface area (Å²) in [6, 6.07) is 7.66. The van der Waals surface area contributed by atoms with Crippen LogP contribution in [0.2, 0.25) is 0 Å². The molecule has 1 atom stereocenters. The number of anilines is 1. The lowest BCUT2D eigenvalue weighted by atomic mass is 10.2. The molecule has 1 aliphatic carbocycles. The number of carbonyl (C=O) groups excluding carboxylic acids is 1. The van der Waals surface area contributed by atoms with E-state index in [0.29, 0.717) is 12.6 Å².